The first kappa shape index (κ1) is 17.9. The maximum absolute atomic E-state index is 13.1. The molecule has 1 aromatic carbocycles. The molecule has 0 spiro atoms. The highest BCUT2D eigenvalue weighted by molar-refractivity contribution is 7.89. The first-order chi connectivity index (χ1) is 11.9. The van der Waals surface area contributed by atoms with Crippen LogP contribution in [-0.2, 0) is 10.0 Å². The van der Waals surface area contributed by atoms with Gasteiger partial charge in [-0.3, -0.25) is 10.1 Å². The summed E-state index contributed by atoms with van der Waals surface area (Å²) in [6, 6.07) is 2.35. The second kappa shape index (κ2) is 7.14. The Kier molecular flexibility index (Phi) is 5.11. The summed E-state index contributed by atoms with van der Waals surface area (Å²) < 4.78 is 38.2. The Hall–Kier alpha value is -1.91. The fourth-order valence-electron chi connectivity index (χ4n) is 3.25. The van der Waals surface area contributed by atoms with Gasteiger partial charge in [-0.1, -0.05) is 0 Å². The van der Waals surface area contributed by atoms with Crippen molar-refractivity contribution in [1.29, 1.82) is 0 Å². The number of nitro benzene ring substituents is 1. The Balaban J connectivity index is 1.99. The lowest BCUT2D eigenvalue weighted by Crippen LogP contribution is -2.42. The number of benzene rings is 1. The van der Waals surface area contributed by atoms with E-state index in [4.69, 9.17) is 9.47 Å². The average Bonchev–Trinajstić information content (AvgIpc) is 2.61. The van der Waals surface area contributed by atoms with Crippen LogP contribution in [0.15, 0.2) is 17.0 Å². The van der Waals surface area contributed by atoms with E-state index in [9.17, 15) is 18.5 Å². The summed E-state index contributed by atoms with van der Waals surface area (Å²) in [6.45, 7) is 1.95. The number of rotatable bonds is 5. The van der Waals surface area contributed by atoms with Gasteiger partial charge in [-0.15, -0.1) is 0 Å². The lowest BCUT2D eigenvalue weighted by molar-refractivity contribution is -0.388. The van der Waals surface area contributed by atoms with E-state index in [0.29, 0.717) is 19.6 Å². The Morgan fingerprint density at radius 1 is 1.32 bits per heavy atom. The minimum Gasteiger partial charge on any atom is -0.486 e. The van der Waals surface area contributed by atoms with Crippen molar-refractivity contribution in [3.05, 3.63) is 22.2 Å². The Morgan fingerprint density at radius 2 is 2.00 bits per heavy atom. The van der Waals surface area contributed by atoms with E-state index in [-0.39, 0.29) is 35.5 Å². The third-order valence-electron chi connectivity index (χ3n) is 4.41. The minimum atomic E-state index is -3.99. The lowest BCUT2D eigenvalue weighted by atomic mass is 10.00. The largest absolute Gasteiger partial charge is 0.486 e. The molecule has 0 saturated carbocycles. The topological polar surface area (TPSA) is 111 Å². The number of sulfonamides is 1. The summed E-state index contributed by atoms with van der Waals surface area (Å²) in [6.07, 6.45) is 1.65. The molecule has 0 aliphatic carbocycles. The van der Waals surface area contributed by atoms with Gasteiger partial charge in [0.1, 0.15) is 13.2 Å². The summed E-state index contributed by atoms with van der Waals surface area (Å²) in [7, 11) is -2.18. The van der Waals surface area contributed by atoms with E-state index < -0.39 is 20.6 Å². The van der Waals surface area contributed by atoms with Gasteiger partial charge in [-0.05, 0) is 32.4 Å². The molecule has 1 aromatic rings. The van der Waals surface area contributed by atoms with Crippen molar-refractivity contribution in [2.75, 3.05) is 39.9 Å². The molecular formula is C15H21N3O6S. The van der Waals surface area contributed by atoms with E-state index in [1.807, 2.05) is 7.05 Å². The fraction of sp³-hybridized carbons (Fsp3) is 0.600. The van der Waals surface area contributed by atoms with Crippen LogP contribution in [0.2, 0.25) is 0 Å². The number of nitrogens with zero attached hydrogens (tertiary/aromatic N) is 2. The fourth-order valence-corrected chi connectivity index (χ4v) is 4.96. The highest BCUT2D eigenvalue weighted by Crippen LogP contribution is 2.40. The molecule has 2 aliphatic heterocycles. The molecule has 1 unspecified atom stereocenters. The molecule has 3 rings (SSSR count). The lowest BCUT2D eigenvalue weighted by Gasteiger charge is -2.32. The van der Waals surface area contributed by atoms with Crippen molar-refractivity contribution >= 4 is 15.7 Å². The van der Waals surface area contributed by atoms with Crippen LogP contribution < -0.4 is 14.8 Å². The molecule has 2 aliphatic rings. The zero-order valence-electron chi connectivity index (χ0n) is 13.9. The minimum absolute atomic E-state index is 0.185. The SMILES string of the molecule is CNCC1CCCN(S(=O)(=O)c2cc3c(cc2[N+](=O)[O-])OCCO3)C1. The zero-order valence-corrected chi connectivity index (χ0v) is 14.8. The molecular weight excluding hydrogens is 350 g/mol. The number of hydrogen-bond donors (Lipinski definition) is 1. The molecule has 10 heteroatoms. The van der Waals surface area contributed by atoms with Gasteiger partial charge in [0.2, 0.25) is 10.0 Å². The highest BCUT2D eigenvalue weighted by Gasteiger charge is 2.36. The zero-order chi connectivity index (χ0) is 18.0. The second-order valence-corrected chi connectivity index (χ2v) is 8.06. The molecule has 0 bridgehead atoms. The van der Waals surface area contributed by atoms with Crippen molar-refractivity contribution in [3.63, 3.8) is 0 Å². The predicted molar refractivity (Wildman–Crippen MR) is 89.5 cm³/mol. The molecule has 1 fully saturated rings. The van der Waals surface area contributed by atoms with E-state index in [1.165, 1.54) is 10.4 Å². The molecule has 9 nitrogen and oxygen atoms in total. The van der Waals surface area contributed by atoms with Gasteiger partial charge in [0, 0.05) is 19.2 Å². The quantitative estimate of drug-likeness (QED) is 0.607. The Morgan fingerprint density at radius 3 is 2.64 bits per heavy atom. The second-order valence-electron chi connectivity index (χ2n) is 6.15. The van der Waals surface area contributed by atoms with Gasteiger partial charge >= 0.3 is 0 Å². The third-order valence-corrected chi connectivity index (χ3v) is 6.31. The first-order valence-corrected chi connectivity index (χ1v) is 9.60. The summed E-state index contributed by atoms with van der Waals surface area (Å²) in [5, 5.41) is 14.5. The van der Waals surface area contributed by atoms with E-state index in [0.717, 1.165) is 18.9 Å². The monoisotopic (exact) mass is 371 g/mol. The number of hydrogen-bond acceptors (Lipinski definition) is 7. The standard InChI is InChI=1S/C15H21N3O6S/c1-16-9-11-3-2-4-17(10-11)25(21,22)15-8-14-13(23-5-6-24-14)7-12(15)18(19)20/h7-8,11,16H,2-6,9-10H2,1H3. The normalized spacial score (nSPS) is 21.1. The summed E-state index contributed by atoms with van der Waals surface area (Å²) in [5.41, 5.74) is -0.486. The summed E-state index contributed by atoms with van der Waals surface area (Å²) in [4.78, 5) is 10.4. The molecule has 0 radical (unpaired) electrons. The Labute approximate surface area is 146 Å². The van der Waals surface area contributed by atoms with Crippen LogP contribution in [-0.4, -0.2) is 57.5 Å². The van der Waals surface area contributed by atoms with Crippen LogP contribution >= 0.6 is 0 Å². The molecule has 25 heavy (non-hydrogen) atoms. The molecule has 1 atom stereocenters. The predicted octanol–water partition coefficient (Wildman–Crippen LogP) is 0.986. The van der Waals surface area contributed by atoms with Gasteiger partial charge in [0.15, 0.2) is 16.4 Å². The molecule has 0 amide bonds. The van der Waals surface area contributed by atoms with Gasteiger partial charge in [0.05, 0.1) is 11.0 Å². The smallest absolute Gasteiger partial charge is 0.293 e. The molecule has 1 saturated heterocycles. The average molecular weight is 371 g/mol. The van der Waals surface area contributed by atoms with E-state index in [1.54, 1.807) is 0 Å². The van der Waals surface area contributed by atoms with Crippen LogP contribution in [0.1, 0.15) is 12.8 Å². The Bertz CT molecular complexity index is 765. The summed E-state index contributed by atoms with van der Waals surface area (Å²) >= 11 is 0. The number of piperidine rings is 1. The maximum atomic E-state index is 13.1. The van der Waals surface area contributed by atoms with Crippen molar-refractivity contribution in [2.45, 2.75) is 17.7 Å². The van der Waals surface area contributed by atoms with Crippen molar-refractivity contribution < 1.29 is 22.8 Å². The van der Waals surface area contributed by atoms with E-state index in [2.05, 4.69) is 5.32 Å². The molecule has 1 N–H and O–H groups in total. The molecule has 2 heterocycles. The van der Waals surface area contributed by atoms with Crippen LogP contribution in [0, 0.1) is 16.0 Å². The van der Waals surface area contributed by atoms with Crippen LogP contribution in [0.3, 0.4) is 0 Å². The highest BCUT2D eigenvalue weighted by atomic mass is 32.2. The maximum Gasteiger partial charge on any atom is 0.293 e. The number of ether oxygens (including phenoxy) is 2. The van der Waals surface area contributed by atoms with Crippen LogP contribution in [0.5, 0.6) is 11.5 Å². The van der Waals surface area contributed by atoms with Crippen molar-refractivity contribution in [1.82, 2.24) is 9.62 Å². The van der Waals surface area contributed by atoms with Gasteiger partial charge in [-0.25, -0.2) is 8.42 Å². The third kappa shape index (κ3) is 3.55. The molecule has 0 aromatic heterocycles. The number of nitrogens with one attached hydrogen (secondary N) is 1. The first-order valence-electron chi connectivity index (χ1n) is 8.16. The van der Waals surface area contributed by atoms with Crippen LogP contribution in [0.25, 0.3) is 0 Å². The van der Waals surface area contributed by atoms with Gasteiger partial charge in [0.25, 0.3) is 5.69 Å². The van der Waals surface area contributed by atoms with Gasteiger partial charge < -0.3 is 14.8 Å². The molecule has 138 valence electrons. The van der Waals surface area contributed by atoms with E-state index >= 15 is 0 Å². The van der Waals surface area contributed by atoms with Crippen molar-refractivity contribution in [2.24, 2.45) is 5.92 Å². The van der Waals surface area contributed by atoms with Crippen LogP contribution in [0.4, 0.5) is 5.69 Å². The van der Waals surface area contributed by atoms with Gasteiger partial charge in [-0.2, -0.15) is 4.31 Å². The van der Waals surface area contributed by atoms with Crippen molar-refractivity contribution in [3.8, 4) is 11.5 Å². The number of fused-ring (bicyclic) bond motifs is 1. The number of nitro groups is 1. The summed E-state index contributed by atoms with van der Waals surface area (Å²) in [5.74, 6) is 0.604.